The van der Waals surface area contributed by atoms with Crippen molar-refractivity contribution in [2.24, 2.45) is 0 Å². The number of benzene rings is 1. The maximum atomic E-state index is 11.4. The van der Waals surface area contributed by atoms with E-state index in [1.165, 1.54) is 0 Å². The third kappa shape index (κ3) is 2.73. The molecule has 0 aliphatic carbocycles. The number of hydrogen-bond acceptors (Lipinski definition) is 2. The van der Waals surface area contributed by atoms with Gasteiger partial charge in [0, 0.05) is 0 Å². The lowest BCUT2D eigenvalue weighted by molar-refractivity contribution is -0.143. The molecule has 1 rings (SSSR count). The van der Waals surface area contributed by atoms with Crippen LogP contribution in [0.25, 0.3) is 0 Å². The molecule has 1 aromatic rings. The monoisotopic (exact) mass is 190 g/mol. The zero-order valence-electron chi connectivity index (χ0n) is 8.27. The van der Waals surface area contributed by atoms with Crippen LogP contribution in [0.2, 0.25) is 0 Å². The summed E-state index contributed by atoms with van der Waals surface area (Å²) in [4.78, 5) is 11.4. The molecule has 0 aromatic heterocycles. The third-order valence-corrected chi connectivity index (χ3v) is 2.00. The van der Waals surface area contributed by atoms with Crippen molar-refractivity contribution < 1.29 is 9.53 Å². The topological polar surface area (TPSA) is 26.3 Å². The molecule has 1 atom stereocenters. The normalized spacial score (nSPS) is 11.8. The first-order valence-electron chi connectivity index (χ1n) is 4.58. The Morgan fingerprint density at radius 3 is 2.71 bits per heavy atom. The second-order valence-corrected chi connectivity index (χ2v) is 3.05. The molecular formula is C12H14O2. The van der Waals surface area contributed by atoms with Gasteiger partial charge in [-0.05, 0) is 12.5 Å². The summed E-state index contributed by atoms with van der Waals surface area (Å²) >= 11 is 0. The van der Waals surface area contributed by atoms with Gasteiger partial charge in [0.2, 0.25) is 0 Å². The van der Waals surface area contributed by atoms with Crippen molar-refractivity contribution in [3.63, 3.8) is 0 Å². The molecule has 0 unspecified atom stereocenters. The lowest BCUT2D eigenvalue weighted by Crippen LogP contribution is -2.12. The molecule has 2 heteroatoms. The first-order chi connectivity index (χ1) is 6.75. The predicted molar refractivity (Wildman–Crippen MR) is 56.0 cm³/mol. The van der Waals surface area contributed by atoms with E-state index in [0.717, 1.165) is 5.56 Å². The number of carbonyl (C=O) groups excluding carboxylic acids is 1. The number of esters is 1. The number of carbonyl (C=O) groups is 1. The van der Waals surface area contributed by atoms with Crippen LogP contribution in [0.15, 0.2) is 43.0 Å². The van der Waals surface area contributed by atoms with Gasteiger partial charge in [-0.25, -0.2) is 0 Å². The Morgan fingerprint density at radius 2 is 2.14 bits per heavy atom. The highest BCUT2D eigenvalue weighted by atomic mass is 16.5. The molecule has 0 heterocycles. The zero-order chi connectivity index (χ0) is 10.4. The van der Waals surface area contributed by atoms with E-state index >= 15 is 0 Å². The van der Waals surface area contributed by atoms with Gasteiger partial charge < -0.3 is 4.74 Å². The maximum absolute atomic E-state index is 11.4. The summed E-state index contributed by atoms with van der Waals surface area (Å²) < 4.78 is 4.95. The van der Waals surface area contributed by atoms with E-state index in [-0.39, 0.29) is 18.5 Å². The van der Waals surface area contributed by atoms with Crippen molar-refractivity contribution in [3.8, 4) is 0 Å². The fourth-order valence-corrected chi connectivity index (χ4v) is 1.14. The lowest BCUT2D eigenvalue weighted by Gasteiger charge is -2.10. The van der Waals surface area contributed by atoms with E-state index in [2.05, 4.69) is 6.58 Å². The van der Waals surface area contributed by atoms with Gasteiger partial charge in [0.05, 0.1) is 5.92 Å². The van der Waals surface area contributed by atoms with Gasteiger partial charge in [-0.2, -0.15) is 0 Å². The van der Waals surface area contributed by atoms with Crippen LogP contribution in [0.4, 0.5) is 0 Å². The molecule has 0 spiro atoms. The highest BCUT2D eigenvalue weighted by Crippen LogP contribution is 2.15. The van der Waals surface area contributed by atoms with Crippen LogP contribution in [0.3, 0.4) is 0 Å². The molecule has 0 radical (unpaired) electrons. The standard InChI is InChI=1S/C12H14O2/c1-3-9-14-12(13)10(2)11-7-5-4-6-8-11/h3-8,10H,1,9H2,2H3/t10-/m1/s1. The summed E-state index contributed by atoms with van der Waals surface area (Å²) in [6, 6.07) is 9.57. The summed E-state index contributed by atoms with van der Waals surface area (Å²) in [6.07, 6.45) is 1.57. The fourth-order valence-electron chi connectivity index (χ4n) is 1.14. The van der Waals surface area contributed by atoms with Crippen LogP contribution in [-0.2, 0) is 9.53 Å². The van der Waals surface area contributed by atoms with E-state index < -0.39 is 0 Å². The van der Waals surface area contributed by atoms with E-state index in [0.29, 0.717) is 0 Å². The molecule has 0 bridgehead atoms. The van der Waals surface area contributed by atoms with Crippen LogP contribution < -0.4 is 0 Å². The van der Waals surface area contributed by atoms with Crippen LogP contribution in [0.5, 0.6) is 0 Å². The molecule has 0 N–H and O–H groups in total. The second-order valence-electron chi connectivity index (χ2n) is 3.05. The highest BCUT2D eigenvalue weighted by Gasteiger charge is 2.15. The minimum Gasteiger partial charge on any atom is -0.461 e. The minimum absolute atomic E-state index is 0.212. The molecular weight excluding hydrogens is 176 g/mol. The summed E-state index contributed by atoms with van der Waals surface area (Å²) in [7, 11) is 0. The van der Waals surface area contributed by atoms with E-state index in [1.807, 2.05) is 37.3 Å². The second kappa shape index (κ2) is 5.22. The third-order valence-electron chi connectivity index (χ3n) is 2.00. The summed E-state index contributed by atoms with van der Waals surface area (Å²) in [5, 5.41) is 0. The van der Waals surface area contributed by atoms with Crippen molar-refractivity contribution in [2.75, 3.05) is 6.61 Å². The van der Waals surface area contributed by atoms with E-state index in [9.17, 15) is 4.79 Å². The van der Waals surface area contributed by atoms with Crippen LogP contribution in [-0.4, -0.2) is 12.6 Å². The van der Waals surface area contributed by atoms with Gasteiger partial charge in [0.1, 0.15) is 6.61 Å². The Kier molecular flexibility index (Phi) is 3.92. The van der Waals surface area contributed by atoms with Crippen LogP contribution >= 0.6 is 0 Å². The molecule has 1 aromatic carbocycles. The average Bonchev–Trinajstić information content (AvgIpc) is 2.26. The van der Waals surface area contributed by atoms with Crippen LogP contribution in [0, 0.1) is 0 Å². The van der Waals surface area contributed by atoms with Crippen molar-refractivity contribution >= 4 is 5.97 Å². The molecule has 2 nitrogen and oxygen atoms in total. The van der Waals surface area contributed by atoms with Gasteiger partial charge in [-0.15, -0.1) is 0 Å². The highest BCUT2D eigenvalue weighted by molar-refractivity contribution is 5.77. The fraction of sp³-hybridized carbons (Fsp3) is 0.250. The predicted octanol–water partition coefficient (Wildman–Crippen LogP) is 2.52. The van der Waals surface area contributed by atoms with E-state index in [1.54, 1.807) is 6.08 Å². The molecule has 0 aliphatic rings. The SMILES string of the molecule is C=CCOC(=O)[C@H](C)c1ccccc1. The Morgan fingerprint density at radius 1 is 1.50 bits per heavy atom. The average molecular weight is 190 g/mol. The summed E-state index contributed by atoms with van der Waals surface area (Å²) in [5.74, 6) is -0.424. The Hall–Kier alpha value is -1.57. The quantitative estimate of drug-likeness (QED) is 0.538. The molecule has 14 heavy (non-hydrogen) atoms. The van der Waals surface area contributed by atoms with Crippen molar-refractivity contribution in [3.05, 3.63) is 48.6 Å². The first kappa shape index (κ1) is 10.5. The van der Waals surface area contributed by atoms with E-state index in [4.69, 9.17) is 4.74 Å². The van der Waals surface area contributed by atoms with Crippen LogP contribution in [0.1, 0.15) is 18.4 Å². The van der Waals surface area contributed by atoms with Crippen molar-refractivity contribution in [1.29, 1.82) is 0 Å². The van der Waals surface area contributed by atoms with Gasteiger partial charge in [-0.3, -0.25) is 4.79 Å². The smallest absolute Gasteiger partial charge is 0.313 e. The largest absolute Gasteiger partial charge is 0.461 e. The number of ether oxygens (including phenoxy) is 1. The maximum Gasteiger partial charge on any atom is 0.313 e. The van der Waals surface area contributed by atoms with Gasteiger partial charge >= 0.3 is 5.97 Å². The lowest BCUT2D eigenvalue weighted by atomic mass is 10.0. The summed E-state index contributed by atoms with van der Waals surface area (Å²) in [5.41, 5.74) is 0.974. The van der Waals surface area contributed by atoms with Gasteiger partial charge in [0.25, 0.3) is 0 Å². The molecule has 0 saturated heterocycles. The molecule has 0 fully saturated rings. The molecule has 0 saturated carbocycles. The molecule has 74 valence electrons. The Bertz CT molecular complexity index is 303. The Balaban J connectivity index is 2.61. The zero-order valence-corrected chi connectivity index (χ0v) is 8.27. The molecule has 0 aliphatic heterocycles. The first-order valence-corrected chi connectivity index (χ1v) is 4.58. The van der Waals surface area contributed by atoms with Crippen molar-refractivity contribution in [1.82, 2.24) is 0 Å². The number of rotatable bonds is 4. The number of hydrogen-bond donors (Lipinski definition) is 0. The van der Waals surface area contributed by atoms with Gasteiger partial charge in [0.15, 0.2) is 0 Å². The van der Waals surface area contributed by atoms with Gasteiger partial charge in [-0.1, -0.05) is 43.0 Å². The molecule has 0 amide bonds. The Labute approximate surface area is 84.2 Å². The van der Waals surface area contributed by atoms with Crippen molar-refractivity contribution in [2.45, 2.75) is 12.8 Å². The minimum atomic E-state index is -0.212. The summed E-state index contributed by atoms with van der Waals surface area (Å²) in [6.45, 7) is 5.60.